The van der Waals surface area contributed by atoms with Gasteiger partial charge in [0.05, 0.1) is 12.2 Å². The lowest BCUT2D eigenvalue weighted by atomic mass is 9.66. The van der Waals surface area contributed by atoms with Gasteiger partial charge in [-0.1, -0.05) is 31.1 Å². The third kappa shape index (κ3) is 1.05. The highest BCUT2D eigenvalue weighted by Gasteiger charge is 2.49. The Morgan fingerprint density at radius 2 is 2.36 bits per heavy atom. The molecule has 2 fully saturated rings. The molecule has 1 aliphatic heterocycles. The summed E-state index contributed by atoms with van der Waals surface area (Å²) in [6.07, 6.45) is 9.97. The fourth-order valence-corrected chi connectivity index (χ4v) is 3.56. The van der Waals surface area contributed by atoms with Gasteiger partial charge < -0.3 is 4.74 Å². The van der Waals surface area contributed by atoms with Gasteiger partial charge in [-0.25, -0.2) is 0 Å². The summed E-state index contributed by atoms with van der Waals surface area (Å²) in [7, 11) is 0. The average molecular weight is 190 g/mol. The van der Waals surface area contributed by atoms with Crippen LogP contribution in [-0.2, 0) is 4.74 Å². The van der Waals surface area contributed by atoms with E-state index in [0.717, 1.165) is 18.9 Å². The van der Waals surface area contributed by atoms with Crippen molar-refractivity contribution in [2.75, 3.05) is 6.61 Å². The molecule has 1 heteroatoms. The maximum Gasteiger partial charge on any atom is 0.0926 e. The lowest BCUT2D eigenvalue weighted by Crippen LogP contribution is -2.43. The smallest absolute Gasteiger partial charge is 0.0926 e. The van der Waals surface area contributed by atoms with Gasteiger partial charge in [0.15, 0.2) is 0 Å². The van der Waals surface area contributed by atoms with Gasteiger partial charge in [-0.3, -0.25) is 0 Å². The normalized spacial score (nSPS) is 41.6. The van der Waals surface area contributed by atoms with Crippen molar-refractivity contribution in [3.63, 3.8) is 0 Å². The molecule has 0 amide bonds. The van der Waals surface area contributed by atoms with Gasteiger partial charge in [-0.05, 0) is 37.2 Å². The Morgan fingerprint density at radius 3 is 3.29 bits per heavy atom. The van der Waals surface area contributed by atoms with Crippen LogP contribution in [-0.4, -0.2) is 12.2 Å². The Labute approximate surface area is 85.8 Å². The number of hydrogen-bond donors (Lipinski definition) is 0. The zero-order valence-corrected chi connectivity index (χ0v) is 8.72. The molecule has 14 heavy (non-hydrogen) atoms. The quantitative estimate of drug-likeness (QED) is 0.570. The molecule has 1 spiro atoms. The largest absolute Gasteiger partial charge is 0.370 e. The molecule has 0 aromatic heterocycles. The van der Waals surface area contributed by atoms with Crippen molar-refractivity contribution in [1.82, 2.24) is 0 Å². The molecule has 0 aromatic rings. The third-order valence-corrected chi connectivity index (χ3v) is 4.17. The van der Waals surface area contributed by atoms with Gasteiger partial charge in [-0.2, -0.15) is 0 Å². The summed E-state index contributed by atoms with van der Waals surface area (Å²) >= 11 is 0. The minimum Gasteiger partial charge on any atom is -0.370 e. The van der Waals surface area contributed by atoms with Crippen LogP contribution in [0.3, 0.4) is 0 Å². The van der Waals surface area contributed by atoms with Crippen LogP contribution < -0.4 is 0 Å². The second-order valence-corrected chi connectivity index (χ2v) is 4.96. The van der Waals surface area contributed by atoms with Gasteiger partial charge in [0.2, 0.25) is 0 Å². The third-order valence-electron chi connectivity index (χ3n) is 4.17. The molecule has 3 rings (SSSR count). The van der Waals surface area contributed by atoms with Crippen LogP contribution in [0.15, 0.2) is 23.8 Å². The number of hydrogen-bond acceptors (Lipinski definition) is 1. The Bertz CT molecular complexity index is 302. The van der Waals surface area contributed by atoms with E-state index in [2.05, 4.69) is 12.7 Å². The minimum atomic E-state index is 0.166. The van der Waals surface area contributed by atoms with E-state index >= 15 is 0 Å². The van der Waals surface area contributed by atoms with Crippen LogP contribution in [0.2, 0.25) is 0 Å². The van der Waals surface area contributed by atoms with Crippen LogP contribution in [0.5, 0.6) is 0 Å². The Hall–Kier alpha value is -0.560. The first-order valence-corrected chi connectivity index (χ1v) is 5.84. The van der Waals surface area contributed by atoms with Crippen molar-refractivity contribution in [3.05, 3.63) is 23.8 Å². The number of ether oxygens (including phenoxy) is 1. The van der Waals surface area contributed by atoms with E-state index in [1.807, 2.05) is 0 Å². The fraction of sp³-hybridized carbons (Fsp3) is 0.692. The van der Waals surface area contributed by atoms with E-state index in [1.54, 1.807) is 5.57 Å². The van der Waals surface area contributed by atoms with Crippen LogP contribution >= 0.6 is 0 Å². The molecule has 76 valence electrons. The van der Waals surface area contributed by atoms with Crippen LogP contribution in [0.1, 0.15) is 38.5 Å². The van der Waals surface area contributed by atoms with Crippen molar-refractivity contribution in [2.24, 2.45) is 5.92 Å². The van der Waals surface area contributed by atoms with Crippen molar-refractivity contribution < 1.29 is 4.74 Å². The first kappa shape index (κ1) is 8.72. The zero-order valence-electron chi connectivity index (χ0n) is 8.72. The predicted molar refractivity (Wildman–Crippen MR) is 57.1 cm³/mol. The van der Waals surface area contributed by atoms with E-state index < -0.39 is 0 Å². The fourth-order valence-electron chi connectivity index (χ4n) is 3.56. The SMILES string of the molecule is C=C1C=C2CCO[C@@]23CCCC[C@H]3C1. The molecule has 1 saturated carbocycles. The maximum absolute atomic E-state index is 6.09. The first-order valence-electron chi connectivity index (χ1n) is 5.84. The second-order valence-electron chi connectivity index (χ2n) is 4.96. The van der Waals surface area contributed by atoms with E-state index in [1.165, 1.54) is 37.7 Å². The first-order chi connectivity index (χ1) is 6.81. The van der Waals surface area contributed by atoms with Gasteiger partial charge in [0, 0.05) is 0 Å². The zero-order chi connectivity index (χ0) is 9.60. The van der Waals surface area contributed by atoms with Gasteiger partial charge in [0.1, 0.15) is 0 Å². The summed E-state index contributed by atoms with van der Waals surface area (Å²) in [5, 5.41) is 0. The minimum absolute atomic E-state index is 0.166. The van der Waals surface area contributed by atoms with Crippen molar-refractivity contribution in [1.29, 1.82) is 0 Å². The molecule has 2 atom stereocenters. The molecule has 0 aromatic carbocycles. The van der Waals surface area contributed by atoms with Crippen molar-refractivity contribution in [2.45, 2.75) is 44.1 Å². The molecular weight excluding hydrogens is 172 g/mol. The highest BCUT2D eigenvalue weighted by molar-refractivity contribution is 5.36. The Balaban J connectivity index is 2.03. The van der Waals surface area contributed by atoms with Gasteiger partial charge in [-0.15, -0.1) is 0 Å². The lowest BCUT2D eigenvalue weighted by Gasteiger charge is -2.44. The van der Waals surface area contributed by atoms with Gasteiger partial charge in [0.25, 0.3) is 0 Å². The van der Waals surface area contributed by atoms with E-state index in [0.29, 0.717) is 0 Å². The van der Waals surface area contributed by atoms with E-state index in [9.17, 15) is 0 Å². The van der Waals surface area contributed by atoms with Crippen molar-refractivity contribution in [3.8, 4) is 0 Å². The molecule has 3 aliphatic rings. The van der Waals surface area contributed by atoms with Crippen molar-refractivity contribution >= 4 is 0 Å². The molecule has 1 heterocycles. The summed E-state index contributed by atoms with van der Waals surface area (Å²) in [6, 6.07) is 0. The van der Waals surface area contributed by atoms with Crippen LogP contribution in [0.25, 0.3) is 0 Å². The maximum atomic E-state index is 6.09. The summed E-state index contributed by atoms with van der Waals surface area (Å²) < 4.78 is 6.09. The summed E-state index contributed by atoms with van der Waals surface area (Å²) in [4.78, 5) is 0. The van der Waals surface area contributed by atoms with E-state index in [4.69, 9.17) is 4.74 Å². The molecule has 0 radical (unpaired) electrons. The average Bonchev–Trinajstić information content (AvgIpc) is 2.56. The van der Waals surface area contributed by atoms with Gasteiger partial charge >= 0.3 is 0 Å². The standard InChI is InChI=1S/C13H18O/c1-10-8-11-4-2-3-6-13(11)12(9-10)5-7-14-13/h9,11H,1-8H2/t11-,13+/m0/s1. The molecule has 0 bridgehead atoms. The van der Waals surface area contributed by atoms with E-state index in [-0.39, 0.29) is 5.60 Å². The topological polar surface area (TPSA) is 9.23 Å². The highest BCUT2D eigenvalue weighted by atomic mass is 16.5. The van der Waals surface area contributed by atoms with Crippen LogP contribution in [0, 0.1) is 5.92 Å². The molecule has 0 unspecified atom stereocenters. The Kier molecular flexibility index (Phi) is 1.85. The number of rotatable bonds is 0. The van der Waals surface area contributed by atoms with Crippen LogP contribution in [0.4, 0.5) is 0 Å². The summed E-state index contributed by atoms with van der Waals surface area (Å²) in [5.74, 6) is 0.742. The lowest BCUT2D eigenvalue weighted by molar-refractivity contribution is -0.0498. The molecule has 0 N–H and O–H groups in total. The molecule has 1 saturated heterocycles. The molecule has 1 nitrogen and oxygen atoms in total. The summed E-state index contributed by atoms with van der Waals surface area (Å²) in [6.45, 7) is 5.07. The highest BCUT2D eigenvalue weighted by Crippen LogP contribution is 2.51. The monoisotopic (exact) mass is 190 g/mol. The Morgan fingerprint density at radius 1 is 1.43 bits per heavy atom. The molecule has 2 aliphatic carbocycles. The summed E-state index contributed by atoms with van der Waals surface area (Å²) in [5.41, 5.74) is 3.05. The number of allylic oxidation sites excluding steroid dienone is 2. The predicted octanol–water partition coefficient (Wildman–Crippen LogP) is 3.22. The second kappa shape index (κ2) is 2.96. The molecular formula is C13H18O.